The number of anilines is 1. The first-order chi connectivity index (χ1) is 18.5. The normalized spacial score (nSPS) is 23.5. The third-order valence-electron chi connectivity index (χ3n) is 7.46. The van der Waals surface area contributed by atoms with Gasteiger partial charge in [-0.05, 0) is 48.6 Å². The minimum absolute atomic E-state index is 0.207. The van der Waals surface area contributed by atoms with Crippen molar-refractivity contribution < 1.29 is 40.7 Å². The summed E-state index contributed by atoms with van der Waals surface area (Å²) in [5.74, 6) is -7.12. The van der Waals surface area contributed by atoms with Crippen LogP contribution in [0.4, 0.5) is 32.0 Å². The molecule has 2 saturated carbocycles. The van der Waals surface area contributed by atoms with Crippen molar-refractivity contribution in [3.63, 3.8) is 0 Å². The predicted octanol–water partition coefficient (Wildman–Crippen LogP) is 5.95. The van der Waals surface area contributed by atoms with Gasteiger partial charge in [-0.2, -0.15) is 13.2 Å². The smallest absolute Gasteiger partial charge is 0.419 e. The Kier molecular flexibility index (Phi) is 6.77. The molecule has 2 bridgehead atoms. The zero-order chi connectivity index (χ0) is 28.1. The van der Waals surface area contributed by atoms with E-state index in [0.717, 1.165) is 23.3 Å². The van der Waals surface area contributed by atoms with Crippen LogP contribution in [0.25, 0.3) is 0 Å². The minimum atomic E-state index is -4.96. The maximum Gasteiger partial charge on any atom is 0.419 e. The van der Waals surface area contributed by atoms with Crippen molar-refractivity contribution in [3.05, 3.63) is 94.4 Å². The average molecular weight is 548 g/mol. The van der Waals surface area contributed by atoms with Crippen molar-refractivity contribution in [1.29, 1.82) is 0 Å². The van der Waals surface area contributed by atoms with Crippen LogP contribution in [0.2, 0.25) is 0 Å². The van der Waals surface area contributed by atoms with Crippen molar-refractivity contribution in [3.8, 4) is 5.75 Å². The van der Waals surface area contributed by atoms with E-state index >= 15 is 0 Å². The molecule has 0 aromatic heterocycles. The maximum absolute atomic E-state index is 14.0. The minimum Gasteiger partial charge on any atom is -0.496 e. The van der Waals surface area contributed by atoms with Crippen molar-refractivity contribution in [2.45, 2.75) is 25.1 Å². The SMILES string of the molecule is COc1cc(F)c(F)cc1C(=O)N[C@@H]1C2CCC(C2=C2C=CC=C2)[C@@H]1C(=O)Nc1ccc(F)c(C(F)(F)F)c1. The molecule has 0 radical (unpaired) electrons. The largest absolute Gasteiger partial charge is 0.496 e. The number of amides is 2. The molecule has 5 nitrogen and oxygen atoms in total. The Morgan fingerprint density at radius 2 is 1.59 bits per heavy atom. The van der Waals surface area contributed by atoms with Crippen LogP contribution < -0.4 is 15.4 Å². The fourth-order valence-electron chi connectivity index (χ4n) is 5.87. The number of fused-ring (bicyclic) bond motifs is 2. The van der Waals surface area contributed by atoms with Crippen LogP contribution in [0, 0.1) is 35.2 Å². The van der Waals surface area contributed by atoms with Gasteiger partial charge in [0.05, 0.1) is 24.2 Å². The number of nitrogens with one attached hydrogen (secondary N) is 2. The van der Waals surface area contributed by atoms with Crippen molar-refractivity contribution in [2.24, 2.45) is 17.8 Å². The molecule has 3 aliphatic rings. The molecule has 39 heavy (non-hydrogen) atoms. The zero-order valence-electron chi connectivity index (χ0n) is 20.4. The second-order valence-corrected chi connectivity index (χ2v) is 9.59. The Balaban J connectivity index is 1.49. The summed E-state index contributed by atoms with van der Waals surface area (Å²) in [4.78, 5) is 26.8. The third-order valence-corrected chi connectivity index (χ3v) is 7.46. The fraction of sp³-hybridized carbons (Fsp3) is 0.286. The monoisotopic (exact) mass is 548 g/mol. The molecule has 2 aromatic rings. The van der Waals surface area contributed by atoms with E-state index in [2.05, 4.69) is 10.6 Å². The van der Waals surface area contributed by atoms with Crippen LogP contribution in [0.1, 0.15) is 28.8 Å². The van der Waals surface area contributed by atoms with E-state index in [9.17, 15) is 35.9 Å². The number of alkyl halides is 3. The molecule has 0 saturated heterocycles. The van der Waals surface area contributed by atoms with Gasteiger partial charge in [-0.25, -0.2) is 13.2 Å². The number of methoxy groups -OCH3 is 1. The van der Waals surface area contributed by atoms with Crippen LogP contribution in [-0.4, -0.2) is 25.0 Å². The number of rotatable bonds is 5. The van der Waals surface area contributed by atoms with Gasteiger partial charge in [0.1, 0.15) is 11.6 Å². The molecule has 5 rings (SSSR count). The topological polar surface area (TPSA) is 67.4 Å². The molecule has 204 valence electrons. The summed E-state index contributed by atoms with van der Waals surface area (Å²) < 4.78 is 86.1. The molecule has 2 amide bonds. The number of carbonyl (C=O) groups is 2. The fourth-order valence-corrected chi connectivity index (χ4v) is 5.87. The van der Waals surface area contributed by atoms with Gasteiger partial charge in [-0.1, -0.05) is 29.9 Å². The number of ether oxygens (including phenoxy) is 1. The van der Waals surface area contributed by atoms with Crippen molar-refractivity contribution in [1.82, 2.24) is 5.32 Å². The van der Waals surface area contributed by atoms with E-state index in [4.69, 9.17) is 4.74 Å². The molecule has 2 fully saturated rings. The van der Waals surface area contributed by atoms with E-state index in [0.29, 0.717) is 31.0 Å². The van der Waals surface area contributed by atoms with Crippen LogP contribution >= 0.6 is 0 Å². The first-order valence-corrected chi connectivity index (χ1v) is 12.1. The highest BCUT2D eigenvalue weighted by Gasteiger charge is 2.55. The van der Waals surface area contributed by atoms with Gasteiger partial charge in [-0.15, -0.1) is 0 Å². The molecule has 2 unspecified atom stereocenters. The Bertz CT molecular complexity index is 1430. The molecular formula is C28H22F6N2O3. The lowest BCUT2D eigenvalue weighted by atomic mass is 9.83. The van der Waals surface area contributed by atoms with Crippen molar-refractivity contribution >= 4 is 17.5 Å². The maximum atomic E-state index is 14.0. The quantitative estimate of drug-likeness (QED) is 0.454. The molecule has 4 atom stereocenters. The van der Waals surface area contributed by atoms with Gasteiger partial charge < -0.3 is 15.4 Å². The highest BCUT2D eigenvalue weighted by atomic mass is 19.4. The van der Waals surface area contributed by atoms with E-state index in [-0.39, 0.29) is 28.8 Å². The van der Waals surface area contributed by atoms with Gasteiger partial charge in [-0.3, -0.25) is 9.59 Å². The van der Waals surface area contributed by atoms with Gasteiger partial charge in [0.15, 0.2) is 11.6 Å². The standard InChI is InChI=1S/C28H22F6N2O3/c1-39-22-12-21(31)20(30)11-17(22)26(37)36-25-16-8-7-15(23(16)13-4-2-3-5-13)24(25)27(38)35-14-6-9-19(29)18(10-14)28(32,33)34/h2-6,9-12,15-16,24-25H,7-8H2,1H3,(H,35,38)(H,36,37)/t15?,16?,24-,25+/m0/s1. The summed E-state index contributed by atoms with van der Waals surface area (Å²) in [6, 6.07) is 2.80. The molecule has 0 heterocycles. The summed E-state index contributed by atoms with van der Waals surface area (Å²) in [5, 5.41) is 5.22. The van der Waals surface area contributed by atoms with E-state index in [1.54, 1.807) is 0 Å². The number of benzene rings is 2. The highest BCUT2D eigenvalue weighted by molar-refractivity contribution is 5.99. The molecule has 3 aliphatic carbocycles. The van der Waals surface area contributed by atoms with Crippen molar-refractivity contribution in [2.75, 3.05) is 12.4 Å². The molecular weight excluding hydrogens is 526 g/mol. The Labute approximate surface area is 219 Å². The summed E-state index contributed by atoms with van der Waals surface area (Å²) >= 11 is 0. The van der Waals surface area contributed by atoms with E-state index in [1.165, 1.54) is 7.11 Å². The Hall–Kier alpha value is -4.02. The lowest BCUT2D eigenvalue weighted by molar-refractivity contribution is -0.140. The summed E-state index contributed by atoms with van der Waals surface area (Å²) in [6.07, 6.45) is 3.65. The lowest BCUT2D eigenvalue weighted by Crippen LogP contribution is -2.48. The highest BCUT2D eigenvalue weighted by Crippen LogP contribution is 2.54. The summed E-state index contributed by atoms with van der Waals surface area (Å²) in [7, 11) is 1.19. The number of hydrogen-bond acceptors (Lipinski definition) is 3. The van der Waals surface area contributed by atoms with Crippen LogP contribution in [0.3, 0.4) is 0 Å². The summed E-state index contributed by atoms with van der Waals surface area (Å²) in [6.45, 7) is 0. The number of carbonyl (C=O) groups excluding carboxylic acids is 2. The van der Waals surface area contributed by atoms with Gasteiger partial charge >= 0.3 is 6.18 Å². The number of allylic oxidation sites excluding steroid dienone is 5. The predicted molar refractivity (Wildman–Crippen MR) is 129 cm³/mol. The molecule has 2 aromatic carbocycles. The van der Waals surface area contributed by atoms with Gasteiger partial charge in [0.25, 0.3) is 5.91 Å². The molecule has 11 heteroatoms. The lowest BCUT2D eigenvalue weighted by Gasteiger charge is -2.30. The second kappa shape index (κ2) is 9.94. The number of halogens is 6. The molecule has 0 aliphatic heterocycles. The molecule has 2 N–H and O–H groups in total. The first kappa shape index (κ1) is 26.6. The van der Waals surface area contributed by atoms with E-state index in [1.807, 2.05) is 24.3 Å². The van der Waals surface area contributed by atoms with Gasteiger partial charge in [0.2, 0.25) is 5.91 Å². The Morgan fingerprint density at radius 3 is 2.26 bits per heavy atom. The second-order valence-electron chi connectivity index (χ2n) is 9.59. The average Bonchev–Trinajstić information content (AvgIpc) is 3.61. The van der Waals surface area contributed by atoms with Gasteiger partial charge in [0, 0.05) is 23.7 Å². The third kappa shape index (κ3) is 4.81. The Morgan fingerprint density at radius 1 is 0.923 bits per heavy atom. The van der Waals surface area contributed by atoms with Crippen LogP contribution in [0.15, 0.2) is 65.8 Å². The summed E-state index contributed by atoms with van der Waals surface area (Å²) in [5.41, 5.74) is -0.241. The van der Waals surface area contributed by atoms with E-state index < -0.39 is 53.0 Å². The first-order valence-electron chi connectivity index (χ1n) is 12.1. The number of hydrogen-bond donors (Lipinski definition) is 2. The van der Waals surface area contributed by atoms with Crippen LogP contribution in [0.5, 0.6) is 5.75 Å². The zero-order valence-corrected chi connectivity index (χ0v) is 20.4. The van der Waals surface area contributed by atoms with Crippen LogP contribution in [-0.2, 0) is 11.0 Å². The molecule has 0 spiro atoms.